The molecule has 1 N–H and O–H groups in total. The Hall–Kier alpha value is -5.91. The largest absolute Gasteiger partial charge is 0.475 e. The molecule has 28 heteroatoms. The van der Waals surface area contributed by atoms with Gasteiger partial charge in [0.1, 0.15) is 67.9 Å². The predicted molar refractivity (Wildman–Crippen MR) is 274 cm³/mol. The van der Waals surface area contributed by atoms with Crippen molar-refractivity contribution in [3.63, 3.8) is 0 Å². The minimum Gasteiger partial charge on any atom is -0.460 e. The van der Waals surface area contributed by atoms with E-state index in [1.54, 1.807) is 71.8 Å². The molecule has 10 rings (SSSR count). The number of nitrogens with zero attached hydrogens (tertiary/aromatic N) is 9. The molecular weight excluding hydrogens is 1060 g/mol. The third-order valence-corrected chi connectivity index (χ3v) is 21.2. The van der Waals surface area contributed by atoms with Gasteiger partial charge in [0, 0.05) is 18.3 Å². The first-order valence-corrected chi connectivity index (χ1v) is 30.7. The Morgan fingerprint density at radius 3 is 2.32 bits per heavy atom. The smallest absolute Gasteiger partial charge is 0.460 e. The van der Waals surface area contributed by atoms with Crippen LogP contribution in [0.1, 0.15) is 65.9 Å². The highest BCUT2D eigenvalue weighted by Gasteiger charge is 2.57. The molecule has 0 aliphatic carbocycles. The number of imidazole rings is 1. The zero-order chi connectivity index (χ0) is 54.4. The Balaban J connectivity index is 0.981. The van der Waals surface area contributed by atoms with Gasteiger partial charge in [-0.15, -0.1) is 0 Å². The Labute approximate surface area is 441 Å². The van der Waals surface area contributed by atoms with Gasteiger partial charge in [0.05, 0.1) is 37.0 Å². The van der Waals surface area contributed by atoms with E-state index in [1.807, 2.05) is 33.9 Å². The van der Waals surface area contributed by atoms with Gasteiger partial charge in [-0.1, -0.05) is 57.2 Å². The molecule has 1 amide bonds. The summed E-state index contributed by atoms with van der Waals surface area (Å²) in [5.41, 5.74) is 0.875. The summed E-state index contributed by atoms with van der Waals surface area (Å²) in [6.45, 7) is 14.9. The van der Waals surface area contributed by atoms with E-state index in [0.717, 1.165) is 0 Å². The van der Waals surface area contributed by atoms with Crippen molar-refractivity contribution in [1.29, 1.82) is 0 Å². The van der Waals surface area contributed by atoms with Gasteiger partial charge in [0.15, 0.2) is 38.1 Å². The Bertz CT molecular complexity index is 3370. The monoisotopic (exact) mass is 1120 g/mol. The number of rotatable bonds is 12. The van der Waals surface area contributed by atoms with E-state index in [1.165, 1.54) is 32.7 Å². The summed E-state index contributed by atoms with van der Waals surface area (Å²) in [4.78, 5) is 74.6. The molecule has 4 aliphatic rings. The van der Waals surface area contributed by atoms with Gasteiger partial charge in [-0.2, -0.15) is 0 Å². The number of esters is 1. The number of benzene rings is 2. The van der Waals surface area contributed by atoms with Crippen LogP contribution in [0.5, 0.6) is 0 Å². The van der Waals surface area contributed by atoms with E-state index in [-0.39, 0.29) is 42.4 Å². The van der Waals surface area contributed by atoms with Crippen LogP contribution in [0.15, 0.2) is 90.6 Å². The van der Waals surface area contributed by atoms with E-state index >= 15 is 8.96 Å². The Morgan fingerprint density at radius 1 is 0.883 bits per heavy atom. The average molecular weight is 1120 g/mol. The maximum absolute atomic E-state index is 17.3. The van der Waals surface area contributed by atoms with E-state index in [4.69, 9.17) is 47.8 Å². The number of ether oxygens (including phenoxy) is 3. The topological polar surface area (TPSA) is 263 Å². The second-order valence-corrected chi connectivity index (χ2v) is 28.0. The predicted octanol–water partition coefficient (Wildman–Crippen LogP) is 6.97. The molecule has 4 aromatic heterocycles. The number of aromatic nitrogens is 7. The summed E-state index contributed by atoms with van der Waals surface area (Å²) in [6, 6.07) is 17.0. The highest BCUT2D eigenvalue weighted by Crippen LogP contribution is 2.58. The minimum absolute atomic E-state index is 0.0254. The van der Waals surface area contributed by atoms with Gasteiger partial charge in [-0.05, 0) is 60.8 Å². The lowest BCUT2D eigenvalue weighted by atomic mass is 10.1. The number of alkyl halides is 1. The molecule has 408 valence electrons. The maximum Gasteiger partial charge on any atom is 0.475 e. The molecule has 8 heterocycles. The molecular formula is C49H56FN9O15P2Si. The second-order valence-electron chi connectivity index (χ2n) is 20.2. The van der Waals surface area contributed by atoms with Crippen molar-refractivity contribution in [1.82, 2.24) is 33.6 Å². The van der Waals surface area contributed by atoms with Crippen LogP contribution in [-0.4, -0.2) is 135 Å². The maximum atomic E-state index is 17.3. The van der Waals surface area contributed by atoms with Gasteiger partial charge < -0.3 is 32.9 Å². The first kappa shape index (κ1) is 54.4. The lowest BCUT2D eigenvalue weighted by Gasteiger charge is -2.40. The first-order valence-electron chi connectivity index (χ1n) is 24.8. The van der Waals surface area contributed by atoms with Crippen molar-refractivity contribution in [3.05, 3.63) is 124 Å². The lowest BCUT2D eigenvalue weighted by Crippen LogP contribution is -2.50. The number of anilines is 1. The number of carbonyl (C=O) groups excluding carboxylic acids is 2. The van der Waals surface area contributed by atoms with E-state index < -0.39 is 109 Å². The lowest BCUT2D eigenvalue weighted by molar-refractivity contribution is -0.0690. The molecule has 0 spiro atoms. The van der Waals surface area contributed by atoms with Crippen LogP contribution in [0.3, 0.4) is 0 Å². The highest BCUT2D eigenvalue weighted by atomic mass is 31.2. The Morgan fingerprint density at radius 2 is 1.60 bits per heavy atom. The number of phosphoric acid groups is 2. The zero-order valence-electron chi connectivity index (χ0n) is 42.5. The number of fused-ring (bicyclic) bond motifs is 4. The van der Waals surface area contributed by atoms with Gasteiger partial charge in [-0.25, -0.2) is 44.8 Å². The average Bonchev–Trinajstić information content (AvgIpc) is 4.15. The molecule has 2 bridgehead atoms. The van der Waals surface area contributed by atoms with Gasteiger partial charge in [0.2, 0.25) is 6.54 Å². The van der Waals surface area contributed by atoms with E-state index in [0.29, 0.717) is 47.3 Å². The first-order chi connectivity index (χ1) is 36.8. The fourth-order valence-electron chi connectivity index (χ4n) is 9.36. The van der Waals surface area contributed by atoms with Crippen LogP contribution < -0.4 is 10.5 Å². The van der Waals surface area contributed by atoms with Crippen LogP contribution in [0.2, 0.25) is 18.1 Å². The zero-order valence-corrected chi connectivity index (χ0v) is 45.3. The molecule has 6 aromatic rings. The molecule has 10 atom stereocenters. The molecule has 3 fully saturated rings. The molecule has 3 saturated heterocycles. The number of hydrogen-bond acceptors (Lipinski definition) is 18. The molecule has 0 saturated carbocycles. The molecule has 4 aliphatic heterocycles. The molecule has 2 unspecified atom stereocenters. The van der Waals surface area contributed by atoms with Crippen molar-refractivity contribution in [2.75, 3.05) is 44.4 Å². The van der Waals surface area contributed by atoms with Crippen LogP contribution >= 0.6 is 15.6 Å². The Kier molecular flexibility index (Phi) is 15.4. The van der Waals surface area contributed by atoms with Crippen LogP contribution in [-0.2, 0) is 63.4 Å². The van der Waals surface area contributed by atoms with E-state index in [2.05, 4.69) is 24.8 Å². The van der Waals surface area contributed by atoms with Crippen molar-refractivity contribution < 1.29 is 69.3 Å². The number of hydrogen-bond donors (Lipinski definition) is 1. The van der Waals surface area contributed by atoms with E-state index in [9.17, 15) is 23.8 Å². The number of aryl methyl sites for hydroxylation is 1. The molecule has 77 heavy (non-hydrogen) atoms. The summed E-state index contributed by atoms with van der Waals surface area (Å²) >= 11 is 0. The van der Waals surface area contributed by atoms with Crippen LogP contribution in [0, 0.1) is 6.57 Å². The van der Waals surface area contributed by atoms with Crippen LogP contribution in [0.25, 0.3) is 27.0 Å². The van der Waals surface area contributed by atoms with Crippen LogP contribution in [0.4, 0.5) is 10.2 Å². The molecule has 0 radical (unpaired) electrons. The standard InChI is InChI=1S/C49H56FN9O15P2Si/c1-49(2,3)77(5,6)74-39-34-25-68-75(63,64)72-38-33(70-46(36(38)50)58-24-32-18-13-20-57(41-35(32)42(58)53-27-52-41)44(60)30-14-9-7-10-15-30)26-69-76(65,67-22-19-51-4)73-40(39)47(71-34)59-29-54-37-43(59)55-28-56(45(37)61)21-23-66-48(62)31-16-11-8-12-17-31/h7-12,14-17,24,27-29,33-34,36,38-40,46-47H,13,18-23,25-26H2,1-3,5-6H3,(H,63,64)/t33-,34-,36-,38-,39-,40-,46-,47-,76?/m1/s1. The van der Waals surface area contributed by atoms with Crippen molar-refractivity contribution in [2.24, 2.45) is 0 Å². The summed E-state index contributed by atoms with van der Waals surface area (Å²) in [5, 5.41) is 0.00575. The third-order valence-electron chi connectivity index (χ3n) is 14.2. The van der Waals surface area contributed by atoms with Crippen molar-refractivity contribution in [3.8, 4) is 0 Å². The van der Waals surface area contributed by atoms with Gasteiger partial charge in [0.25, 0.3) is 11.5 Å². The summed E-state index contributed by atoms with van der Waals surface area (Å²) in [5.74, 6) is -0.578. The fraction of sp³-hybridized carbons (Fsp3) is 0.469. The molecule has 2 aromatic carbocycles. The number of halogens is 1. The normalized spacial score (nSPS) is 28.0. The fourth-order valence-corrected chi connectivity index (χ4v) is 13.0. The van der Waals surface area contributed by atoms with Gasteiger partial charge in [-0.3, -0.25) is 46.2 Å². The van der Waals surface area contributed by atoms with Gasteiger partial charge >= 0.3 is 21.6 Å². The second kappa shape index (κ2) is 21.7. The quantitative estimate of drug-likeness (QED) is 0.0426. The minimum atomic E-state index is -5.30. The summed E-state index contributed by atoms with van der Waals surface area (Å²) in [7, 11) is -13.2. The number of carbonyl (C=O) groups is 2. The van der Waals surface area contributed by atoms with Crippen molar-refractivity contribution >= 4 is 63.9 Å². The SMILES string of the molecule is [C-]#[N+]CCOP1(=O)OC[C@H]2O[C@@H](n3cc4c5c(ncnc53)N(C(=O)c3ccccc3)CCC4)[C@H](F)[C@@H]2OP(=O)(O)OC[C@H]2O[C@@H](n3cnc4c(=O)n(CCOC(=O)c5ccccc5)cnc43)[C@H](O1)[C@@H]2O[Si](C)(C)C(C)(C)C. The third kappa shape index (κ3) is 11.0. The highest BCUT2D eigenvalue weighted by molar-refractivity contribution is 7.48. The summed E-state index contributed by atoms with van der Waals surface area (Å²) in [6.07, 6.45) is -6.67. The molecule has 24 nitrogen and oxygen atoms in total. The number of amides is 1. The van der Waals surface area contributed by atoms with Crippen molar-refractivity contribution in [2.45, 2.75) is 107 Å². The number of phosphoric ester groups is 2. The summed E-state index contributed by atoms with van der Waals surface area (Å²) < 4.78 is 106.